The Kier molecular flexibility index (Phi) is 5.75. The summed E-state index contributed by atoms with van der Waals surface area (Å²) >= 11 is 0. The highest BCUT2D eigenvalue weighted by Gasteiger charge is 2.29. The van der Waals surface area contributed by atoms with Gasteiger partial charge in [0.25, 0.3) is 0 Å². The van der Waals surface area contributed by atoms with E-state index in [0.717, 1.165) is 70.7 Å². The number of ether oxygens (including phenoxy) is 2. The SMILES string of the molecule is Cc1oc2c3c(ccc2c1C1=CC=CC=CN1)OCC(CN1CC=C(c2c[nH]c4ccc(C#N)cc24)CC1)O3. The fourth-order valence-electron chi connectivity index (χ4n) is 5.75. The molecule has 2 aromatic heterocycles. The third-order valence-corrected chi connectivity index (χ3v) is 7.66. The summed E-state index contributed by atoms with van der Waals surface area (Å²) in [5.41, 5.74) is 6.97. The fourth-order valence-corrected chi connectivity index (χ4v) is 5.75. The average Bonchev–Trinajstić information content (AvgIpc) is 3.42. The van der Waals surface area contributed by atoms with Gasteiger partial charge in [-0.2, -0.15) is 5.26 Å². The molecule has 1 unspecified atom stereocenters. The van der Waals surface area contributed by atoms with Gasteiger partial charge in [-0.15, -0.1) is 0 Å². The van der Waals surface area contributed by atoms with E-state index < -0.39 is 0 Å². The van der Waals surface area contributed by atoms with Gasteiger partial charge in [0.1, 0.15) is 18.5 Å². The van der Waals surface area contributed by atoms with Crippen LogP contribution in [-0.2, 0) is 0 Å². The highest BCUT2D eigenvalue weighted by atomic mass is 16.6. The molecule has 0 radical (unpaired) electrons. The van der Waals surface area contributed by atoms with Crippen LogP contribution in [0.2, 0.25) is 0 Å². The minimum absolute atomic E-state index is 0.0979. The molecule has 5 heterocycles. The number of aryl methyl sites for hydroxylation is 1. The van der Waals surface area contributed by atoms with Gasteiger partial charge in [-0.3, -0.25) is 4.90 Å². The molecule has 7 nitrogen and oxygen atoms in total. The van der Waals surface area contributed by atoms with E-state index in [1.165, 1.54) is 11.1 Å². The first-order valence-corrected chi connectivity index (χ1v) is 13.3. The Bertz CT molecular complexity index is 1760. The first kappa shape index (κ1) is 23.4. The summed E-state index contributed by atoms with van der Waals surface area (Å²) in [7, 11) is 0. The summed E-state index contributed by atoms with van der Waals surface area (Å²) in [6, 6.07) is 12.1. The number of benzene rings is 2. The third kappa shape index (κ3) is 4.19. The first-order chi connectivity index (χ1) is 19.2. The van der Waals surface area contributed by atoms with Crippen LogP contribution < -0.4 is 14.8 Å². The molecule has 3 aliphatic heterocycles. The van der Waals surface area contributed by atoms with Crippen molar-refractivity contribution in [3.05, 3.63) is 95.6 Å². The molecule has 0 saturated carbocycles. The van der Waals surface area contributed by atoms with Gasteiger partial charge in [0.2, 0.25) is 5.75 Å². The molecule has 0 aliphatic carbocycles. The molecule has 39 heavy (non-hydrogen) atoms. The monoisotopic (exact) mass is 516 g/mol. The average molecular weight is 517 g/mol. The molecule has 3 aliphatic rings. The van der Waals surface area contributed by atoms with E-state index in [4.69, 9.17) is 13.9 Å². The van der Waals surface area contributed by atoms with Gasteiger partial charge in [0.15, 0.2) is 11.3 Å². The zero-order valence-corrected chi connectivity index (χ0v) is 21.7. The highest BCUT2D eigenvalue weighted by Crippen LogP contribution is 2.43. The van der Waals surface area contributed by atoms with Crippen LogP contribution in [-0.4, -0.2) is 42.2 Å². The number of hydrogen-bond donors (Lipinski definition) is 2. The summed E-state index contributed by atoms with van der Waals surface area (Å²) in [5.74, 6) is 2.23. The molecule has 7 rings (SSSR count). The lowest BCUT2D eigenvalue weighted by Crippen LogP contribution is -2.42. The van der Waals surface area contributed by atoms with Crippen molar-refractivity contribution < 1.29 is 13.9 Å². The third-order valence-electron chi connectivity index (χ3n) is 7.66. The largest absolute Gasteiger partial charge is 0.486 e. The van der Waals surface area contributed by atoms with Crippen LogP contribution in [0.4, 0.5) is 0 Å². The topological polar surface area (TPSA) is 86.5 Å². The minimum Gasteiger partial charge on any atom is -0.486 e. The number of nitriles is 1. The lowest BCUT2D eigenvalue weighted by molar-refractivity contribution is 0.0621. The Hall–Kier alpha value is -4.67. The van der Waals surface area contributed by atoms with Crippen molar-refractivity contribution in [1.82, 2.24) is 15.2 Å². The molecule has 0 fully saturated rings. The van der Waals surface area contributed by atoms with E-state index in [1.807, 2.05) is 67.8 Å². The second-order valence-electron chi connectivity index (χ2n) is 10.1. The fraction of sp³-hybridized carbons (Fsp3) is 0.219. The molecule has 2 aromatic carbocycles. The molecule has 0 bridgehead atoms. The molecular formula is C32H28N4O3. The molecular weight excluding hydrogens is 488 g/mol. The highest BCUT2D eigenvalue weighted by molar-refractivity contribution is 5.97. The van der Waals surface area contributed by atoms with Crippen molar-refractivity contribution in [2.45, 2.75) is 19.4 Å². The number of hydrogen-bond acceptors (Lipinski definition) is 6. The molecule has 4 aromatic rings. The second-order valence-corrected chi connectivity index (χ2v) is 10.1. The number of H-pyrrole nitrogens is 1. The number of furan rings is 1. The molecule has 0 spiro atoms. The van der Waals surface area contributed by atoms with Crippen LogP contribution in [0.3, 0.4) is 0 Å². The van der Waals surface area contributed by atoms with Gasteiger partial charge in [-0.05, 0) is 61.4 Å². The number of aromatic amines is 1. The molecule has 194 valence electrons. The van der Waals surface area contributed by atoms with Crippen molar-refractivity contribution in [2.24, 2.45) is 0 Å². The van der Waals surface area contributed by atoms with E-state index in [2.05, 4.69) is 33.5 Å². The van der Waals surface area contributed by atoms with Gasteiger partial charge in [0, 0.05) is 65.1 Å². The zero-order chi connectivity index (χ0) is 26.3. The van der Waals surface area contributed by atoms with Crippen LogP contribution in [0, 0.1) is 18.3 Å². The summed E-state index contributed by atoms with van der Waals surface area (Å²) in [6.45, 7) is 5.01. The van der Waals surface area contributed by atoms with E-state index in [9.17, 15) is 5.26 Å². The van der Waals surface area contributed by atoms with Crippen LogP contribution in [0.5, 0.6) is 11.5 Å². The summed E-state index contributed by atoms with van der Waals surface area (Å²) in [4.78, 5) is 5.74. The van der Waals surface area contributed by atoms with Gasteiger partial charge in [0.05, 0.1) is 11.6 Å². The lowest BCUT2D eigenvalue weighted by atomic mass is 9.98. The maximum atomic E-state index is 9.31. The predicted octanol–water partition coefficient (Wildman–Crippen LogP) is 6.04. The van der Waals surface area contributed by atoms with E-state index >= 15 is 0 Å². The first-order valence-electron chi connectivity index (χ1n) is 13.3. The quantitative estimate of drug-likeness (QED) is 0.344. The van der Waals surface area contributed by atoms with Crippen LogP contribution >= 0.6 is 0 Å². The second kappa shape index (κ2) is 9.57. The number of aromatic nitrogens is 1. The van der Waals surface area contributed by atoms with Gasteiger partial charge < -0.3 is 24.2 Å². The lowest BCUT2D eigenvalue weighted by Gasteiger charge is -2.32. The summed E-state index contributed by atoms with van der Waals surface area (Å²) < 4.78 is 18.9. The minimum atomic E-state index is -0.0979. The van der Waals surface area contributed by atoms with Crippen LogP contribution in [0.15, 0.2) is 77.5 Å². The van der Waals surface area contributed by atoms with Crippen molar-refractivity contribution >= 4 is 33.1 Å². The van der Waals surface area contributed by atoms with Gasteiger partial charge >= 0.3 is 0 Å². The van der Waals surface area contributed by atoms with Gasteiger partial charge in [-0.1, -0.05) is 18.2 Å². The van der Waals surface area contributed by atoms with Crippen molar-refractivity contribution in [2.75, 3.05) is 26.2 Å². The number of rotatable bonds is 4. The molecule has 1 atom stereocenters. The number of nitrogens with zero attached hydrogens (tertiary/aromatic N) is 2. The predicted molar refractivity (Wildman–Crippen MR) is 152 cm³/mol. The Morgan fingerprint density at radius 2 is 2.08 bits per heavy atom. The van der Waals surface area contributed by atoms with Crippen molar-refractivity contribution in [3.63, 3.8) is 0 Å². The van der Waals surface area contributed by atoms with Crippen LogP contribution in [0.25, 0.3) is 33.1 Å². The zero-order valence-electron chi connectivity index (χ0n) is 21.7. The molecule has 0 amide bonds. The number of fused-ring (bicyclic) bond motifs is 4. The van der Waals surface area contributed by atoms with Crippen molar-refractivity contribution in [3.8, 4) is 17.6 Å². The summed E-state index contributed by atoms with van der Waals surface area (Å²) in [6.07, 6.45) is 15.1. The van der Waals surface area contributed by atoms with Crippen LogP contribution in [0.1, 0.15) is 28.9 Å². The Balaban J connectivity index is 1.09. The molecule has 7 heteroatoms. The van der Waals surface area contributed by atoms with Crippen molar-refractivity contribution in [1.29, 1.82) is 5.26 Å². The van der Waals surface area contributed by atoms with Gasteiger partial charge in [-0.25, -0.2) is 0 Å². The smallest absolute Gasteiger partial charge is 0.205 e. The van der Waals surface area contributed by atoms with E-state index in [-0.39, 0.29) is 6.10 Å². The maximum Gasteiger partial charge on any atom is 0.205 e. The maximum absolute atomic E-state index is 9.31. The number of nitrogens with one attached hydrogen (secondary N) is 2. The molecule has 2 N–H and O–H groups in total. The standard InChI is InChI=1S/C32H28N4O3/c1-20-30(28-5-3-2-4-12-34-28)24-7-9-29-32(31(24)38-20)39-23(19-37-29)18-36-13-10-22(11-14-36)26-17-35-27-8-6-21(16-33)15-25(26)27/h2-10,12,15,17,23,34-35H,11,13-14,18-19H2,1H3. The van der Waals surface area contributed by atoms with E-state index in [0.29, 0.717) is 17.9 Å². The Labute approximate surface area is 226 Å². The normalized spacial score (nSPS) is 18.9. The van der Waals surface area contributed by atoms with E-state index in [1.54, 1.807) is 0 Å². The Morgan fingerprint density at radius 3 is 2.95 bits per heavy atom. The Morgan fingerprint density at radius 1 is 1.13 bits per heavy atom. The number of allylic oxidation sites excluding steroid dienone is 4. The summed E-state index contributed by atoms with van der Waals surface area (Å²) in [5, 5.41) is 14.8. The molecule has 0 saturated heterocycles.